The largest absolute Gasteiger partial charge is 0.398 e. The van der Waals surface area contributed by atoms with Gasteiger partial charge < -0.3 is 5.73 Å². The van der Waals surface area contributed by atoms with Crippen molar-refractivity contribution in [1.29, 1.82) is 0 Å². The van der Waals surface area contributed by atoms with E-state index >= 15 is 0 Å². The molecule has 0 atom stereocenters. The van der Waals surface area contributed by atoms with E-state index in [9.17, 15) is 0 Å². The van der Waals surface area contributed by atoms with Crippen molar-refractivity contribution in [1.82, 2.24) is 4.90 Å². The molecule has 0 radical (unpaired) electrons. The second kappa shape index (κ2) is 8.68. The maximum atomic E-state index is 6.12. The summed E-state index contributed by atoms with van der Waals surface area (Å²) in [4.78, 5) is 2.54. The second-order valence-electron chi connectivity index (χ2n) is 6.45. The van der Waals surface area contributed by atoms with Crippen LogP contribution in [0.5, 0.6) is 0 Å². The van der Waals surface area contributed by atoms with Crippen molar-refractivity contribution in [3.05, 3.63) is 28.2 Å². The Bertz CT molecular complexity index is 370. The fourth-order valence-corrected chi connectivity index (χ4v) is 2.62. The monoisotopic (exact) mass is 340 g/mol. The third kappa shape index (κ3) is 6.27. The summed E-state index contributed by atoms with van der Waals surface area (Å²) in [5, 5.41) is 0. The molecule has 2 N–H and O–H groups in total. The highest BCUT2D eigenvalue weighted by atomic mass is 79.9. The number of nitrogens with two attached hydrogens (primary N) is 1. The number of anilines is 1. The van der Waals surface area contributed by atoms with Crippen molar-refractivity contribution in [3.8, 4) is 0 Å². The third-order valence-corrected chi connectivity index (χ3v) is 4.33. The van der Waals surface area contributed by atoms with E-state index in [2.05, 4.69) is 54.6 Å². The minimum Gasteiger partial charge on any atom is -0.398 e. The van der Waals surface area contributed by atoms with Gasteiger partial charge in [0.25, 0.3) is 0 Å². The van der Waals surface area contributed by atoms with Gasteiger partial charge in [0.05, 0.1) is 0 Å². The molecular weight excluding hydrogens is 312 g/mol. The van der Waals surface area contributed by atoms with E-state index in [-0.39, 0.29) is 0 Å². The molecule has 3 heteroatoms. The lowest BCUT2D eigenvalue weighted by atomic mass is 10.1. The normalized spacial score (nSPS) is 11.8. The average molecular weight is 341 g/mol. The Morgan fingerprint density at radius 2 is 1.60 bits per heavy atom. The molecule has 0 heterocycles. The lowest BCUT2D eigenvalue weighted by Gasteiger charge is -2.25. The number of hydrogen-bond acceptors (Lipinski definition) is 2. The van der Waals surface area contributed by atoms with Gasteiger partial charge in [0.15, 0.2) is 0 Å². The number of halogens is 1. The van der Waals surface area contributed by atoms with E-state index in [0.29, 0.717) is 0 Å². The molecule has 2 nitrogen and oxygen atoms in total. The highest BCUT2D eigenvalue weighted by Gasteiger charge is 2.12. The molecule has 0 aliphatic heterocycles. The maximum Gasteiger partial charge on any atom is 0.0371 e. The van der Waals surface area contributed by atoms with Crippen molar-refractivity contribution in [3.63, 3.8) is 0 Å². The summed E-state index contributed by atoms with van der Waals surface area (Å²) in [6, 6.07) is 6.06. The van der Waals surface area contributed by atoms with Gasteiger partial charge in [-0.15, -0.1) is 0 Å². The lowest BCUT2D eigenvalue weighted by molar-refractivity contribution is 0.235. The van der Waals surface area contributed by atoms with Crippen molar-refractivity contribution in [2.24, 2.45) is 11.8 Å². The van der Waals surface area contributed by atoms with E-state index in [1.807, 2.05) is 12.1 Å². The topological polar surface area (TPSA) is 29.3 Å². The SMILES string of the molecule is CC(C)CCN(CCC(C)C)Cc1c(N)cccc1Br. The molecule has 0 aliphatic rings. The molecule has 0 spiro atoms. The summed E-state index contributed by atoms with van der Waals surface area (Å²) < 4.78 is 1.12. The smallest absolute Gasteiger partial charge is 0.0371 e. The first-order valence-electron chi connectivity index (χ1n) is 7.65. The molecule has 114 valence electrons. The predicted molar refractivity (Wildman–Crippen MR) is 92.7 cm³/mol. The Morgan fingerprint density at radius 1 is 1.05 bits per heavy atom. The number of rotatable bonds is 8. The van der Waals surface area contributed by atoms with E-state index in [0.717, 1.165) is 41.6 Å². The Labute approximate surface area is 132 Å². The third-order valence-electron chi connectivity index (χ3n) is 3.58. The zero-order valence-electron chi connectivity index (χ0n) is 13.3. The molecule has 0 bridgehead atoms. The maximum absolute atomic E-state index is 6.12. The average Bonchev–Trinajstić information content (AvgIpc) is 2.35. The fourth-order valence-electron chi connectivity index (χ4n) is 2.12. The molecule has 20 heavy (non-hydrogen) atoms. The first kappa shape index (κ1) is 17.5. The lowest BCUT2D eigenvalue weighted by Crippen LogP contribution is -2.28. The van der Waals surface area contributed by atoms with Gasteiger partial charge in [0, 0.05) is 22.3 Å². The molecule has 0 unspecified atom stereocenters. The van der Waals surface area contributed by atoms with Crippen LogP contribution in [-0.4, -0.2) is 18.0 Å². The van der Waals surface area contributed by atoms with Crippen molar-refractivity contribution in [2.75, 3.05) is 18.8 Å². The molecule has 1 aromatic carbocycles. The first-order valence-corrected chi connectivity index (χ1v) is 8.44. The fraction of sp³-hybridized carbons (Fsp3) is 0.647. The summed E-state index contributed by atoms with van der Waals surface area (Å²) in [5.74, 6) is 1.49. The van der Waals surface area contributed by atoms with Crippen LogP contribution >= 0.6 is 15.9 Å². The summed E-state index contributed by atoms with van der Waals surface area (Å²) in [6.07, 6.45) is 2.48. The van der Waals surface area contributed by atoms with Gasteiger partial charge in [0.1, 0.15) is 0 Å². The molecular formula is C17H29BrN2. The standard InChI is InChI=1S/C17H29BrN2/c1-13(2)8-10-20(11-9-14(3)4)12-15-16(18)6-5-7-17(15)19/h5-7,13-14H,8-12,19H2,1-4H3. The van der Waals surface area contributed by atoms with Crippen LogP contribution in [0.2, 0.25) is 0 Å². The molecule has 1 aromatic rings. The number of nitrogens with zero attached hydrogens (tertiary/aromatic N) is 1. The van der Waals surface area contributed by atoms with E-state index in [4.69, 9.17) is 5.73 Å². The van der Waals surface area contributed by atoms with Gasteiger partial charge in [-0.05, 0) is 49.9 Å². The predicted octanol–water partition coefficient (Wildman–Crippen LogP) is 4.93. The van der Waals surface area contributed by atoms with Crippen LogP contribution in [0.3, 0.4) is 0 Å². The Kier molecular flexibility index (Phi) is 7.60. The van der Waals surface area contributed by atoms with Crippen molar-refractivity contribution < 1.29 is 0 Å². The Balaban J connectivity index is 2.71. The summed E-state index contributed by atoms with van der Waals surface area (Å²) >= 11 is 3.63. The van der Waals surface area contributed by atoms with Crippen LogP contribution in [0.4, 0.5) is 5.69 Å². The van der Waals surface area contributed by atoms with Crippen LogP contribution in [-0.2, 0) is 6.54 Å². The molecule has 0 fully saturated rings. The number of nitrogen functional groups attached to an aromatic ring is 1. The van der Waals surface area contributed by atoms with E-state index < -0.39 is 0 Å². The van der Waals surface area contributed by atoms with Crippen molar-refractivity contribution in [2.45, 2.75) is 47.1 Å². The van der Waals surface area contributed by atoms with Crippen LogP contribution in [0.25, 0.3) is 0 Å². The molecule has 0 saturated carbocycles. The second-order valence-corrected chi connectivity index (χ2v) is 7.30. The van der Waals surface area contributed by atoms with Crippen LogP contribution in [0.15, 0.2) is 22.7 Å². The van der Waals surface area contributed by atoms with Gasteiger partial charge in [-0.1, -0.05) is 49.7 Å². The Hall–Kier alpha value is -0.540. The molecule has 0 aromatic heterocycles. The zero-order valence-corrected chi connectivity index (χ0v) is 14.9. The number of benzene rings is 1. The molecule has 0 saturated heterocycles. The Morgan fingerprint density at radius 3 is 2.05 bits per heavy atom. The summed E-state index contributed by atoms with van der Waals surface area (Å²) in [6.45, 7) is 12.4. The summed E-state index contributed by atoms with van der Waals surface area (Å²) in [7, 11) is 0. The van der Waals surface area contributed by atoms with Gasteiger partial charge in [-0.25, -0.2) is 0 Å². The number of hydrogen-bond donors (Lipinski definition) is 1. The molecule has 1 rings (SSSR count). The van der Waals surface area contributed by atoms with Gasteiger partial charge in [0.2, 0.25) is 0 Å². The highest BCUT2D eigenvalue weighted by Crippen LogP contribution is 2.24. The highest BCUT2D eigenvalue weighted by molar-refractivity contribution is 9.10. The first-order chi connectivity index (χ1) is 9.40. The van der Waals surface area contributed by atoms with Gasteiger partial charge in [-0.2, -0.15) is 0 Å². The molecule has 0 amide bonds. The minimum absolute atomic E-state index is 0.744. The molecule has 0 aliphatic carbocycles. The van der Waals surface area contributed by atoms with Crippen molar-refractivity contribution >= 4 is 21.6 Å². The van der Waals surface area contributed by atoms with Crippen LogP contribution in [0, 0.1) is 11.8 Å². The quantitative estimate of drug-likeness (QED) is 0.680. The summed E-state index contributed by atoms with van der Waals surface area (Å²) in [5.41, 5.74) is 8.23. The van der Waals surface area contributed by atoms with E-state index in [1.165, 1.54) is 18.4 Å². The van der Waals surface area contributed by atoms with Crippen LogP contribution < -0.4 is 5.73 Å². The van der Waals surface area contributed by atoms with Gasteiger partial charge in [-0.3, -0.25) is 4.90 Å². The zero-order chi connectivity index (χ0) is 15.1. The van der Waals surface area contributed by atoms with Gasteiger partial charge >= 0.3 is 0 Å². The van der Waals surface area contributed by atoms with Crippen LogP contribution in [0.1, 0.15) is 46.1 Å². The minimum atomic E-state index is 0.744. The van der Waals surface area contributed by atoms with E-state index in [1.54, 1.807) is 0 Å².